The Hall–Kier alpha value is -1.62. The van der Waals surface area contributed by atoms with Gasteiger partial charge in [0, 0.05) is 30.0 Å². The minimum absolute atomic E-state index is 0.108. The van der Waals surface area contributed by atoms with Gasteiger partial charge >= 0.3 is 0 Å². The summed E-state index contributed by atoms with van der Waals surface area (Å²) in [5.41, 5.74) is 0.367. The van der Waals surface area contributed by atoms with Gasteiger partial charge in [-0.3, -0.25) is 10.1 Å². The molecule has 1 N–H and O–H groups in total. The molecule has 0 saturated heterocycles. The molecule has 2 atom stereocenters. The van der Waals surface area contributed by atoms with E-state index in [4.69, 9.17) is 4.74 Å². The average Bonchev–Trinajstić information content (AvgIpc) is 2.52. The second kappa shape index (κ2) is 5.64. The van der Waals surface area contributed by atoms with Gasteiger partial charge in [-0.05, 0) is 32.0 Å². The fourth-order valence-corrected chi connectivity index (χ4v) is 4.01. The topological polar surface area (TPSA) is 64.4 Å². The van der Waals surface area contributed by atoms with Crippen molar-refractivity contribution in [1.29, 1.82) is 0 Å². The van der Waals surface area contributed by atoms with Crippen LogP contribution in [0.3, 0.4) is 0 Å². The van der Waals surface area contributed by atoms with Crippen LogP contribution >= 0.6 is 0 Å². The lowest BCUT2D eigenvalue weighted by Crippen LogP contribution is -2.64. The minimum Gasteiger partial charge on any atom is -0.490 e. The summed E-state index contributed by atoms with van der Waals surface area (Å²) in [5.74, 6) is 0.741. The molecule has 1 spiro atoms. The van der Waals surface area contributed by atoms with Crippen LogP contribution in [-0.4, -0.2) is 24.1 Å². The Labute approximate surface area is 124 Å². The van der Waals surface area contributed by atoms with Crippen molar-refractivity contribution < 1.29 is 9.66 Å². The van der Waals surface area contributed by atoms with Gasteiger partial charge in [-0.1, -0.05) is 19.3 Å². The largest absolute Gasteiger partial charge is 0.490 e. The van der Waals surface area contributed by atoms with E-state index in [1.165, 1.54) is 44.2 Å². The second-order valence-corrected chi connectivity index (χ2v) is 6.23. The molecule has 2 aliphatic carbocycles. The number of non-ortho nitro benzene ring substituents is 1. The zero-order chi connectivity index (χ0) is 14.9. The number of nitro benzene ring substituents is 1. The van der Waals surface area contributed by atoms with E-state index in [-0.39, 0.29) is 22.1 Å². The predicted octanol–water partition coefficient (Wildman–Crippen LogP) is 3.28. The summed E-state index contributed by atoms with van der Waals surface area (Å²) in [7, 11) is 2.03. The fourth-order valence-electron chi connectivity index (χ4n) is 4.01. The first-order chi connectivity index (χ1) is 10.2. The molecule has 0 radical (unpaired) electrons. The van der Waals surface area contributed by atoms with Crippen LogP contribution in [0.5, 0.6) is 5.75 Å². The van der Waals surface area contributed by atoms with Gasteiger partial charge in [-0.25, -0.2) is 0 Å². The van der Waals surface area contributed by atoms with Gasteiger partial charge in [0.05, 0.1) is 4.92 Å². The molecule has 21 heavy (non-hydrogen) atoms. The molecule has 2 fully saturated rings. The highest BCUT2D eigenvalue weighted by molar-refractivity contribution is 5.36. The van der Waals surface area contributed by atoms with Gasteiger partial charge in [0.15, 0.2) is 0 Å². The van der Waals surface area contributed by atoms with Crippen LogP contribution in [0.1, 0.15) is 38.5 Å². The predicted molar refractivity (Wildman–Crippen MR) is 80.5 cm³/mol. The van der Waals surface area contributed by atoms with Crippen LogP contribution in [0, 0.1) is 15.5 Å². The Morgan fingerprint density at radius 2 is 1.90 bits per heavy atom. The van der Waals surface area contributed by atoms with Crippen molar-refractivity contribution in [2.75, 3.05) is 7.05 Å². The maximum absolute atomic E-state index is 10.7. The van der Waals surface area contributed by atoms with Crippen LogP contribution in [0.25, 0.3) is 0 Å². The maximum atomic E-state index is 10.7. The van der Waals surface area contributed by atoms with Crippen molar-refractivity contribution in [1.82, 2.24) is 5.32 Å². The Bertz CT molecular complexity index is 509. The first-order valence-corrected chi connectivity index (χ1v) is 7.74. The Balaban J connectivity index is 1.71. The summed E-state index contributed by atoms with van der Waals surface area (Å²) in [6, 6.07) is 6.98. The zero-order valence-corrected chi connectivity index (χ0v) is 12.4. The normalized spacial score (nSPS) is 27.1. The molecular formula is C16H22N2O3. The van der Waals surface area contributed by atoms with E-state index in [9.17, 15) is 10.1 Å². The lowest BCUT2D eigenvalue weighted by Gasteiger charge is -2.57. The monoisotopic (exact) mass is 290 g/mol. The molecule has 2 unspecified atom stereocenters. The molecule has 3 rings (SSSR count). The quantitative estimate of drug-likeness (QED) is 0.682. The van der Waals surface area contributed by atoms with Crippen molar-refractivity contribution >= 4 is 5.69 Å². The molecule has 2 aliphatic rings. The number of benzene rings is 1. The molecule has 0 heterocycles. The summed E-state index contributed by atoms with van der Waals surface area (Å²) >= 11 is 0. The minimum atomic E-state index is -0.382. The number of rotatable bonds is 4. The number of nitrogens with zero attached hydrogens (tertiary/aromatic N) is 1. The molecule has 5 nitrogen and oxygen atoms in total. The lowest BCUT2D eigenvalue weighted by atomic mass is 9.55. The number of hydrogen-bond donors (Lipinski definition) is 1. The standard InChI is InChI=1S/C16H22N2O3/c1-17-14-11-15(16(14)9-3-2-4-10-16)21-13-7-5-12(6-8-13)18(19)20/h5-8,14-15,17H,2-4,9-11H2,1H3. The fraction of sp³-hybridized carbons (Fsp3) is 0.625. The SMILES string of the molecule is CNC1CC(Oc2ccc([N+](=O)[O-])cc2)C12CCCCC2. The number of nitrogens with one attached hydrogen (secondary N) is 1. The lowest BCUT2D eigenvalue weighted by molar-refractivity contribution is -0.384. The summed E-state index contributed by atoms with van der Waals surface area (Å²) in [6.45, 7) is 0. The van der Waals surface area contributed by atoms with Crippen molar-refractivity contribution in [3.63, 3.8) is 0 Å². The highest BCUT2D eigenvalue weighted by Gasteiger charge is 2.55. The third kappa shape index (κ3) is 2.50. The van der Waals surface area contributed by atoms with E-state index in [0.717, 1.165) is 12.2 Å². The van der Waals surface area contributed by atoms with Crippen LogP contribution < -0.4 is 10.1 Å². The molecule has 0 bridgehead atoms. The smallest absolute Gasteiger partial charge is 0.269 e. The van der Waals surface area contributed by atoms with Crippen molar-refractivity contribution in [2.24, 2.45) is 5.41 Å². The molecule has 1 aromatic rings. The molecular weight excluding hydrogens is 268 g/mol. The molecule has 5 heteroatoms. The van der Waals surface area contributed by atoms with E-state index in [1.54, 1.807) is 12.1 Å². The highest BCUT2D eigenvalue weighted by Crippen LogP contribution is 2.53. The molecule has 0 aliphatic heterocycles. The molecule has 2 saturated carbocycles. The van der Waals surface area contributed by atoms with Crippen LogP contribution in [0.4, 0.5) is 5.69 Å². The zero-order valence-electron chi connectivity index (χ0n) is 12.4. The van der Waals surface area contributed by atoms with Gasteiger partial charge < -0.3 is 10.1 Å². The van der Waals surface area contributed by atoms with Gasteiger partial charge in [0.1, 0.15) is 11.9 Å². The third-order valence-corrected chi connectivity index (χ3v) is 5.24. The van der Waals surface area contributed by atoms with Gasteiger partial charge in [0.2, 0.25) is 0 Å². The van der Waals surface area contributed by atoms with Gasteiger partial charge in [0.25, 0.3) is 5.69 Å². The molecule has 0 amide bonds. The van der Waals surface area contributed by atoms with Gasteiger partial charge in [-0.15, -0.1) is 0 Å². The van der Waals surface area contributed by atoms with Crippen molar-refractivity contribution in [3.8, 4) is 5.75 Å². The van der Waals surface area contributed by atoms with Crippen LogP contribution in [0.2, 0.25) is 0 Å². The second-order valence-electron chi connectivity index (χ2n) is 6.23. The van der Waals surface area contributed by atoms with E-state index in [1.807, 2.05) is 7.05 Å². The maximum Gasteiger partial charge on any atom is 0.269 e. The number of nitro groups is 1. The highest BCUT2D eigenvalue weighted by atomic mass is 16.6. The Morgan fingerprint density at radius 1 is 1.24 bits per heavy atom. The Kier molecular flexibility index (Phi) is 3.85. The summed E-state index contributed by atoms with van der Waals surface area (Å²) in [4.78, 5) is 10.3. The molecule has 1 aromatic carbocycles. The van der Waals surface area contributed by atoms with Crippen molar-refractivity contribution in [3.05, 3.63) is 34.4 Å². The Morgan fingerprint density at radius 3 is 2.48 bits per heavy atom. The summed E-state index contributed by atoms with van der Waals surface area (Å²) in [6.07, 6.45) is 7.57. The van der Waals surface area contributed by atoms with Crippen LogP contribution in [0.15, 0.2) is 24.3 Å². The van der Waals surface area contributed by atoms with Crippen molar-refractivity contribution in [2.45, 2.75) is 50.7 Å². The first kappa shape index (κ1) is 14.3. The number of hydrogen-bond acceptors (Lipinski definition) is 4. The van der Waals surface area contributed by atoms with Crippen LogP contribution in [-0.2, 0) is 0 Å². The first-order valence-electron chi connectivity index (χ1n) is 7.74. The summed E-state index contributed by atoms with van der Waals surface area (Å²) in [5, 5.41) is 14.1. The van der Waals surface area contributed by atoms with E-state index in [2.05, 4.69) is 5.32 Å². The van der Waals surface area contributed by atoms with Gasteiger partial charge in [-0.2, -0.15) is 0 Å². The summed E-state index contributed by atoms with van der Waals surface area (Å²) < 4.78 is 6.15. The average molecular weight is 290 g/mol. The molecule has 114 valence electrons. The van der Waals surface area contributed by atoms with E-state index >= 15 is 0 Å². The third-order valence-electron chi connectivity index (χ3n) is 5.24. The van der Waals surface area contributed by atoms with E-state index in [0.29, 0.717) is 6.04 Å². The molecule has 0 aromatic heterocycles. The number of ether oxygens (including phenoxy) is 1. The van der Waals surface area contributed by atoms with E-state index < -0.39 is 0 Å².